The number of halogens is 1. The number of aromatic nitrogens is 1. The predicted molar refractivity (Wildman–Crippen MR) is 169 cm³/mol. The lowest BCUT2D eigenvalue weighted by Gasteiger charge is -2.43. The first kappa shape index (κ1) is 34.9. The van der Waals surface area contributed by atoms with E-state index in [1.807, 2.05) is 11.0 Å². The van der Waals surface area contributed by atoms with E-state index in [4.69, 9.17) is 19.9 Å². The van der Waals surface area contributed by atoms with E-state index in [1.165, 1.54) is 19.1 Å². The Morgan fingerprint density at radius 1 is 1.20 bits per heavy atom. The molecule has 45 heavy (non-hydrogen) atoms. The van der Waals surface area contributed by atoms with Crippen LogP contribution in [0.1, 0.15) is 57.1 Å². The largest absolute Gasteiger partial charge is 0.479 e. The predicted octanol–water partition coefficient (Wildman–Crippen LogP) is 1.76. The second-order valence-corrected chi connectivity index (χ2v) is 13.1. The first-order chi connectivity index (χ1) is 21.3. The van der Waals surface area contributed by atoms with Crippen LogP contribution in [0.4, 0.5) is 10.1 Å². The maximum atomic E-state index is 13.9. The Balaban J connectivity index is 0.000000700. The molecule has 4 N–H and O–H groups in total. The van der Waals surface area contributed by atoms with Gasteiger partial charge in [-0.2, -0.15) is 0 Å². The van der Waals surface area contributed by atoms with Crippen molar-refractivity contribution in [2.75, 3.05) is 57.4 Å². The Kier molecular flexibility index (Phi) is 11.7. The Hall–Kier alpha value is -3.00. The fourth-order valence-corrected chi connectivity index (χ4v) is 6.14. The van der Waals surface area contributed by atoms with Gasteiger partial charge in [-0.15, -0.1) is 0 Å². The van der Waals surface area contributed by atoms with Gasteiger partial charge in [-0.1, -0.05) is 26.0 Å². The fraction of sp³-hybridized carbons (Fsp3) is 0.606. The number of fused-ring (bicyclic) bond motifs is 1. The Morgan fingerprint density at radius 2 is 1.89 bits per heavy atom. The molecule has 2 fully saturated rings. The molecule has 4 atom stereocenters. The Morgan fingerprint density at radius 3 is 2.51 bits per heavy atom. The average Bonchev–Trinajstić information content (AvgIpc) is 3.26. The van der Waals surface area contributed by atoms with Crippen LogP contribution in [0.5, 0.6) is 0 Å². The second-order valence-electron chi connectivity index (χ2n) is 13.1. The van der Waals surface area contributed by atoms with Gasteiger partial charge in [0.05, 0.1) is 43.4 Å². The third-order valence-corrected chi connectivity index (χ3v) is 8.79. The van der Waals surface area contributed by atoms with Gasteiger partial charge >= 0.3 is 5.97 Å². The van der Waals surface area contributed by atoms with Crippen molar-refractivity contribution < 1.29 is 34.0 Å². The molecule has 12 heteroatoms. The number of carboxylic acid groups (broad SMARTS) is 1. The van der Waals surface area contributed by atoms with Crippen LogP contribution in [0, 0.1) is 5.82 Å². The van der Waals surface area contributed by atoms with E-state index in [2.05, 4.69) is 42.8 Å². The number of pyridine rings is 1. The summed E-state index contributed by atoms with van der Waals surface area (Å²) in [6, 6.07) is 9.31. The number of aliphatic hydroxyl groups excluding tert-OH is 2. The standard InChI is InChI=1S/C30H42FN5O3.C3H6O3/c1-20-14-35(25(13-32-20)15-34-9-10-39-18-21(34)2)16-28(38)36-19-30(3,4)29-27(36)12-23(26(17-37)33-29)11-22-5-7-24(31)8-6-22;1-2(4)3(5)6/h5-8,12,20-21,25,32,37H,9-11,13-19H2,1-4H3;2,4H,1H3,(H,5,6)/t20-,21-,25-;/m1./s1. The summed E-state index contributed by atoms with van der Waals surface area (Å²) in [5, 5.41) is 29.5. The van der Waals surface area contributed by atoms with Crippen LogP contribution in [0.3, 0.4) is 0 Å². The maximum absolute atomic E-state index is 13.9. The van der Waals surface area contributed by atoms with E-state index >= 15 is 0 Å². The molecular formula is C33H48FN5O6. The van der Waals surface area contributed by atoms with Gasteiger partial charge in [0, 0.05) is 56.3 Å². The normalized spacial score (nSPS) is 24.0. The third kappa shape index (κ3) is 8.84. The number of morpholine rings is 1. The van der Waals surface area contributed by atoms with Gasteiger partial charge in [0.15, 0.2) is 0 Å². The van der Waals surface area contributed by atoms with Crippen molar-refractivity contribution in [2.24, 2.45) is 0 Å². The molecule has 1 amide bonds. The van der Waals surface area contributed by atoms with Crippen LogP contribution >= 0.6 is 0 Å². The zero-order chi connectivity index (χ0) is 32.9. The molecule has 0 aliphatic carbocycles. The molecule has 0 bridgehead atoms. The molecule has 248 valence electrons. The smallest absolute Gasteiger partial charge is 0.332 e. The van der Waals surface area contributed by atoms with Crippen molar-refractivity contribution in [3.63, 3.8) is 0 Å². The molecular weight excluding hydrogens is 581 g/mol. The monoisotopic (exact) mass is 629 g/mol. The van der Waals surface area contributed by atoms with E-state index in [0.29, 0.717) is 37.3 Å². The van der Waals surface area contributed by atoms with Gasteiger partial charge < -0.3 is 30.3 Å². The lowest BCUT2D eigenvalue weighted by molar-refractivity contribution is -0.145. The van der Waals surface area contributed by atoms with Crippen LogP contribution in [-0.4, -0.2) is 119 Å². The highest BCUT2D eigenvalue weighted by Crippen LogP contribution is 2.41. The number of aliphatic carboxylic acids is 1. The SMILES string of the molecule is CC(O)C(=O)O.C[C@@H]1CN(CC(=O)N2CC(C)(C)c3nc(CO)c(Cc4ccc(F)cc4)cc32)[C@@H](CN2CCOC[C@H]2C)CN1. The van der Waals surface area contributed by atoms with Crippen molar-refractivity contribution in [2.45, 2.75) is 77.3 Å². The number of nitrogens with one attached hydrogen (secondary N) is 1. The van der Waals surface area contributed by atoms with Crippen molar-refractivity contribution in [1.82, 2.24) is 20.1 Å². The summed E-state index contributed by atoms with van der Waals surface area (Å²) in [6.45, 7) is 15.5. The van der Waals surface area contributed by atoms with Gasteiger partial charge in [-0.25, -0.2) is 9.18 Å². The van der Waals surface area contributed by atoms with Gasteiger partial charge in [0.2, 0.25) is 5.91 Å². The van der Waals surface area contributed by atoms with E-state index in [1.54, 1.807) is 12.1 Å². The molecule has 1 aromatic heterocycles. The zero-order valence-electron chi connectivity index (χ0n) is 27.0. The summed E-state index contributed by atoms with van der Waals surface area (Å²) in [4.78, 5) is 35.0. The molecule has 0 saturated carbocycles. The number of piperazine rings is 1. The molecule has 11 nitrogen and oxygen atoms in total. The van der Waals surface area contributed by atoms with Crippen molar-refractivity contribution in [1.29, 1.82) is 0 Å². The first-order valence-corrected chi connectivity index (χ1v) is 15.7. The summed E-state index contributed by atoms with van der Waals surface area (Å²) in [6.07, 6.45) is -0.724. The fourth-order valence-electron chi connectivity index (χ4n) is 6.14. The van der Waals surface area contributed by atoms with Crippen molar-refractivity contribution >= 4 is 17.6 Å². The van der Waals surface area contributed by atoms with Crippen molar-refractivity contribution in [3.8, 4) is 0 Å². The topological polar surface area (TPSA) is 139 Å². The zero-order valence-corrected chi connectivity index (χ0v) is 27.0. The van der Waals surface area contributed by atoms with Crippen LogP contribution in [0.15, 0.2) is 30.3 Å². The highest BCUT2D eigenvalue weighted by atomic mass is 19.1. The molecule has 3 aliphatic rings. The molecule has 1 aromatic carbocycles. The number of carbonyl (C=O) groups is 2. The van der Waals surface area contributed by atoms with E-state index in [0.717, 1.165) is 61.9 Å². The van der Waals surface area contributed by atoms with E-state index < -0.39 is 12.1 Å². The van der Waals surface area contributed by atoms with Gasteiger partial charge in [0.25, 0.3) is 0 Å². The second kappa shape index (κ2) is 15.1. The minimum Gasteiger partial charge on any atom is -0.479 e. The first-order valence-electron chi connectivity index (χ1n) is 15.7. The molecule has 1 unspecified atom stereocenters. The highest BCUT2D eigenvalue weighted by molar-refractivity contribution is 5.97. The number of hydrogen-bond donors (Lipinski definition) is 4. The molecule has 5 rings (SSSR count). The molecule has 4 heterocycles. The number of nitrogens with zero attached hydrogens (tertiary/aromatic N) is 4. The number of anilines is 1. The van der Waals surface area contributed by atoms with Gasteiger partial charge in [0.1, 0.15) is 11.9 Å². The van der Waals surface area contributed by atoms with Crippen molar-refractivity contribution in [3.05, 3.63) is 58.7 Å². The number of carboxylic acids is 1. The number of ether oxygens (including phenoxy) is 1. The minimum absolute atomic E-state index is 0.0715. The lowest BCUT2D eigenvalue weighted by Crippen LogP contribution is -2.62. The number of aliphatic hydroxyl groups is 2. The number of hydrogen-bond acceptors (Lipinski definition) is 9. The van der Waals surface area contributed by atoms with Crippen LogP contribution < -0.4 is 10.2 Å². The lowest BCUT2D eigenvalue weighted by atomic mass is 9.90. The Bertz CT molecular complexity index is 1320. The Labute approximate surface area is 265 Å². The van der Waals surface area contributed by atoms with Crippen LogP contribution in [-0.2, 0) is 32.8 Å². The van der Waals surface area contributed by atoms with E-state index in [-0.39, 0.29) is 29.8 Å². The minimum atomic E-state index is -1.23. The summed E-state index contributed by atoms with van der Waals surface area (Å²) in [5.74, 6) is -1.40. The van der Waals surface area contributed by atoms with Gasteiger partial charge in [-0.3, -0.25) is 19.6 Å². The van der Waals surface area contributed by atoms with E-state index in [9.17, 15) is 19.1 Å². The molecule has 3 aliphatic heterocycles. The third-order valence-electron chi connectivity index (χ3n) is 8.79. The number of carbonyl (C=O) groups excluding carboxylic acids is 1. The quantitative estimate of drug-likeness (QED) is 0.342. The van der Waals surface area contributed by atoms with Crippen LogP contribution in [0.25, 0.3) is 0 Å². The molecule has 2 saturated heterocycles. The maximum Gasteiger partial charge on any atom is 0.332 e. The number of rotatable bonds is 8. The summed E-state index contributed by atoms with van der Waals surface area (Å²) < 4.78 is 19.1. The average molecular weight is 630 g/mol. The van der Waals surface area contributed by atoms with Gasteiger partial charge in [-0.05, 0) is 56.5 Å². The highest BCUT2D eigenvalue weighted by Gasteiger charge is 2.41. The number of amides is 1. The summed E-state index contributed by atoms with van der Waals surface area (Å²) in [7, 11) is 0. The molecule has 0 radical (unpaired) electrons. The van der Waals surface area contributed by atoms with Crippen LogP contribution in [0.2, 0.25) is 0 Å². The summed E-state index contributed by atoms with van der Waals surface area (Å²) >= 11 is 0. The summed E-state index contributed by atoms with van der Waals surface area (Å²) in [5.41, 5.74) is 3.72. The molecule has 2 aromatic rings. The molecule has 0 spiro atoms. The number of benzene rings is 1.